The first-order chi connectivity index (χ1) is 9.99. The number of hydrogen-bond acceptors (Lipinski definition) is 4. The number of ether oxygens (including phenoxy) is 2. The quantitative estimate of drug-likeness (QED) is 0.438. The number of esters is 1. The van der Waals surface area contributed by atoms with Crippen LogP contribution in [0.4, 0.5) is 26.3 Å². The number of hydrogen-bond donors (Lipinski definition) is 0. The third-order valence-electron chi connectivity index (χ3n) is 2.20. The standard InChI is InChI=1S/C11H8BrF6NO3/c1-2-21-9(20)5-3-7(22-11(16,17)18)19-6(4-12)8(5)10(13,14)15/h3H,2,4H2,1H3. The molecule has 0 amide bonds. The van der Waals surface area contributed by atoms with E-state index in [1.165, 1.54) is 6.92 Å². The second-order valence-electron chi connectivity index (χ2n) is 3.73. The minimum Gasteiger partial charge on any atom is -0.462 e. The highest BCUT2D eigenvalue weighted by atomic mass is 79.9. The van der Waals surface area contributed by atoms with E-state index < -0.39 is 46.5 Å². The van der Waals surface area contributed by atoms with Gasteiger partial charge < -0.3 is 9.47 Å². The van der Waals surface area contributed by atoms with Crippen LogP contribution in [-0.4, -0.2) is 23.9 Å². The van der Waals surface area contributed by atoms with Gasteiger partial charge in [-0.25, -0.2) is 9.78 Å². The number of nitrogens with zero attached hydrogens (tertiary/aromatic N) is 1. The first-order valence-corrected chi connectivity index (χ1v) is 6.71. The predicted octanol–water partition coefficient (Wildman–Crippen LogP) is 4.07. The van der Waals surface area contributed by atoms with E-state index in [0.717, 1.165) is 0 Å². The maximum absolute atomic E-state index is 13.0. The van der Waals surface area contributed by atoms with E-state index in [-0.39, 0.29) is 12.7 Å². The fraction of sp³-hybridized carbons (Fsp3) is 0.455. The van der Waals surface area contributed by atoms with Crippen LogP contribution in [0, 0.1) is 0 Å². The predicted molar refractivity (Wildman–Crippen MR) is 64.5 cm³/mol. The second-order valence-corrected chi connectivity index (χ2v) is 4.29. The Morgan fingerprint density at radius 2 is 1.86 bits per heavy atom. The Morgan fingerprint density at radius 1 is 1.27 bits per heavy atom. The molecule has 0 aromatic carbocycles. The van der Waals surface area contributed by atoms with E-state index in [1.54, 1.807) is 0 Å². The molecule has 1 aromatic heterocycles. The fourth-order valence-corrected chi connectivity index (χ4v) is 1.93. The molecule has 4 nitrogen and oxygen atoms in total. The summed E-state index contributed by atoms with van der Waals surface area (Å²) >= 11 is 2.69. The highest BCUT2D eigenvalue weighted by Crippen LogP contribution is 2.37. The van der Waals surface area contributed by atoms with Crippen molar-refractivity contribution >= 4 is 21.9 Å². The number of carbonyl (C=O) groups is 1. The highest BCUT2D eigenvalue weighted by Gasteiger charge is 2.41. The minimum atomic E-state index is -5.16. The number of alkyl halides is 7. The van der Waals surface area contributed by atoms with Crippen LogP contribution in [0.15, 0.2) is 6.07 Å². The number of aromatic nitrogens is 1. The summed E-state index contributed by atoms with van der Waals surface area (Å²) < 4.78 is 83.5. The van der Waals surface area contributed by atoms with Crippen LogP contribution in [0.25, 0.3) is 0 Å². The van der Waals surface area contributed by atoms with Gasteiger partial charge in [-0.05, 0) is 6.92 Å². The van der Waals surface area contributed by atoms with E-state index in [9.17, 15) is 31.1 Å². The Bertz CT molecular complexity index is 558. The van der Waals surface area contributed by atoms with Crippen molar-refractivity contribution in [1.82, 2.24) is 4.98 Å². The lowest BCUT2D eigenvalue weighted by Crippen LogP contribution is -2.22. The van der Waals surface area contributed by atoms with Crippen molar-refractivity contribution in [1.29, 1.82) is 0 Å². The molecule has 0 aliphatic heterocycles. The maximum atomic E-state index is 13.0. The SMILES string of the molecule is CCOC(=O)c1cc(OC(F)(F)F)nc(CBr)c1C(F)(F)F. The maximum Gasteiger partial charge on any atom is 0.574 e. The third kappa shape index (κ3) is 4.75. The fourth-order valence-electron chi connectivity index (χ4n) is 1.53. The van der Waals surface area contributed by atoms with E-state index in [0.29, 0.717) is 0 Å². The van der Waals surface area contributed by atoms with Crippen molar-refractivity contribution in [3.05, 3.63) is 22.9 Å². The van der Waals surface area contributed by atoms with Gasteiger partial charge in [0.2, 0.25) is 5.88 Å². The molecule has 0 bridgehead atoms. The summed E-state index contributed by atoms with van der Waals surface area (Å²) in [5, 5.41) is -0.538. The Kier molecular flexibility index (Phi) is 5.65. The van der Waals surface area contributed by atoms with Gasteiger partial charge in [-0.1, -0.05) is 15.9 Å². The molecule has 1 rings (SSSR count). The molecule has 22 heavy (non-hydrogen) atoms. The molecular weight excluding hydrogens is 388 g/mol. The summed E-state index contributed by atoms with van der Waals surface area (Å²) in [6.45, 7) is 1.09. The van der Waals surface area contributed by atoms with Crippen molar-refractivity contribution in [3.63, 3.8) is 0 Å². The molecule has 0 aliphatic rings. The van der Waals surface area contributed by atoms with Gasteiger partial charge in [0.25, 0.3) is 0 Å². The second kappa shape index (κ2) is 6.71. The topological polar surface area (TPSA) is 48.4 Å². The smallest absolute Gasteiger partial charge is 0.462 e. The van der Waals surface area contributed by atoms with Gasteiger partial charge in [-0.15, -0.1) is 13.2 Å². The lowest BCUT2D eigenvalue weighted by atomic mass is 10.1. The number of rotatable bonds is 4. The van der Waals surface area contributed by atoms with Crippen molar-refractivity contribution in [2.45, 2.75) is 24.8 Å². The third-order valence-corrected chi connectivity index (χ3v) is 2.73. The summed E-state index contributed by atoms with van der Waals surface area (Å²) in [6.07, 6.45) is -10.2. The molecule has 0 N–H and O–H groups in total. The van der Waals surface area contributed by atoms with E-state index in [1.807, 2.05) is 0 Å². The molecule has 124 valence electrons. The summed E-state index contributed by atoms with van der Waals surface area (Å²) in [7, 11) is 0. The summed E-state index contributed by atoms with van der Waals surface area (Å²) in [5.74, 6) is -2.61. The average Bonchev–Trinajstić information content (AvgIpc) is 2.34. The van der Waals surface area contributed by atoms with Gasteiger partial charge in [0.05, 0.1) is 23.4 Å². The van der Waals surface area contributed by atoms with Crippen LogP contribution < -0.4 is 4.74 Å². The van der Waals surface area contributed by atoms with Gasteiger partial charge in [0.15, 0.2) is 0 Å². The minimum absolute atomic E-state index is 0.250. The van der Waals surface area contributed by atoms with Crippen molar-refractivity contribution in [2.24, 2.45) is 0 Å². The molecule has 0 unspecified atom stereocenters. The molecule has 1 heterocycles. The normalized spacial score (nSPS) is 12.2. The van der Waals surface area contributed by atoms with Gasteiger partial charge in [0, 0.05) is 11.4 Å². The Labute approximate surface area is 128 Å². The van der Waals surface area contributed by atoms with Crippen LogP contribution in [0.2, 0.25) is 0 Å². The van der Waals surface area contributed by atoms with Gasteiger partial charge >= 0.3 is 18.5 Å². The lowest BCUT2D eigenvalue weighted by molar-refractivity contribution is -0.276. The Hall–Kier alpha value is -1.52. The van der Waals surface area contributed by atoms with E-state index in [2.05, 4.69) is 30.4 Å². The van der Waals surface area contributed by atoms with E-state index in [4.69, 9.17) is 0 Å². The molecular formula is C11H8BrF6NO3. The molecule has 0 atom stereocenters. The first kappa shape index (κ1) is 18.5. The molecule has 0 spiro atoms. The van der Waals surface area contributed by atoms with Gasteiger partial charge in [-0.2, -0.15) is 13.2 Å². The zero-order chi connectivity index (χ0) is 17.1. The van der Waals surface area contributed by atoms with Crippen LogP contribution in [0.3, 0.4) is 0 Å². The molecule has 0 radical (unpaired) electrons. The summed E-state index contributed by atoms with van der Waals surface area (Å²) in [6, 6.07) is 0.250. The number of pyridine rings is 1. The van der Waals surface area contributed by atoms with Gasteiger partial charge in [0.1, 0.15) is 0 Å². The number of halogens is 7. The zero-order valence-electron chi connectivity index (χ0n) is 10.8. The first-order valence-electron chi connectivity index (χ1n) is 5.59. The van der Waals surface area contributed by atoms with Crippen molar-refractivity contribution < 1.29 is 40.6 Å². The average molecular weight is 396 g/mol. The Balaban J connectivity index is 3.52. The Morgan fingerprint density at radius 3 is 2.27 bits per heavy atom. The molecule has 0 saturated heterocycles. The lowest BCUT2D eigenvalue weighted by Gasteiger charge is -2.17. The zero-order valence-corrected chi connectivity index (χ0v) is 12.4. The van der Waals surface area contributed by atoms with Crippen LogP contribution in [0.5, 0.6) is 5.88 Å². The molecule has 1 aromatic rings. The molecule has 0 aliphatic carbocycles. The van der Waals surface area contributed by atoms with Crippen LogP contribution >= 0.6 is 15.9 Å². The van der Waals surface area contributed by atoms with E-state index >= 15 is 0 Å². The molecule has 11 heteroatoms. The number of carbonyl (C=O) groups excluding carboxylic acids is 1. The molecule has 0 saturated carbocycles. The summed E-state index contributed by atoms with van der Waals surface area (Å²) in [4.78, 5) is 14.7. The van der Waals surface area contributed by atoms with Crippen LogP contribution in [-0.2, 0) is 16.2 Å². The highest BCUT2D eigenvalue weighted by molar-refractivity contribution is 9.08. The van der Waals surface area contributed by atoms with Crippen LogP contribution in [0.1, 0.15) is 28.5 Å². The van der Waals surface area contributed by atoms with Crippen molar-refractivity contribution in [3.8, 4) is 5.88 Å². The molecule has 0 fully saturated rings. The monoisotopic (exact) mass is 395 g/mol. The largest absolute Gasteiger partial charge is 0.574 e. The van der Waals surface area contributed by atoms with Crippen molar-refractivity contribution in [2.75, 3.05) is 6.61 Å². The van der Waals surface area contributed by atoms with Gasteiger partial charge in [-0.3, -0.25) is 0 Å². The summed E-state index contributed by atoms with van der Waals surface area (Å²) in [5.41, 5.74) is -3.40.